The smallest absolute Gasteiger partial charge is 0.416 e. The van der Waals surface area contributed by atoms with Crippen molar-refractivity contribution in [3.63, 3.8) is 0 Å². The Morgan fingerprint density at radius 1 is 1.41 bits per heavy atom. The standard InChI is InChI=1S/C10H12F3N3O/c11-10(12,13)7-3-8(16-14)15-9(4-7)17-5-6-1-2-6/h3-4,6H,1-2,5,14H2,(H,15,16). The molecule has 1 saturated carbocycles. The average molecular weight is 247 g/mol. The van der Waals surface area contributed by atoms with Gasteiger partial charge in [-0.05, 0) is 24.8 Å². The van der Waals surface area contributed by atoms with Crippen LogP contribution in [0, 0.1) is 5.92 Å². The highest BCUT2D eigenvalue weighted by Gasteiger charge is 2.32. The summed E-state index contributed by atoms with van der Waals surface area (Å²) in [5.41, 5.74) is 1.26. The van der Waals surface area contributed by atoms with Crippen LogP contribution in [0.15, 0.2) is 12.1 Å². The number of hydrogen-bond donors (Lipinski definition) is 2. The molecule has 4 nitrogen and oxygen atoms in total. The van der Waals surface area contributed by atoms with E-state index in [1.165, 1.54) is 0 Å². The summed E-state index contributed by atoms with van der Waals surface area (Å²) in [5.74, 6) is 5.39. The molecule has 1 aliphatic rings. The molecule has 1 aromatic rings. The number of anilines is 1. The molecular weight excluding hydrogens is 235 g/mol. The molecule has 1 aromatic heterocycles. The molecule has 94 valence electrons. The second kappa shape index (κ2) is 4.40. The average Bonchev–Trinajstić information content (AvgIpc) is 3.08. The Hall–Kier alpha value is -1.50. The number of rotatable bonds is 4. The van der Waals surface area contributed by atoms with E-state index < -0.39 is 11.7 Å². The van der Waals surface area contributed by atoms with Gasteiger partial charge in [0.25, 0.3) is 0 Å². The van der Waals surface area contributed by atoms with Crippen LogP contribution in [0.5, 0.6) is 5.88 Å². The third-order valence-electron chi connectivity index (χ3n) is 2.44. The summed E-state index contributed by atoms with van der Waals surface area (Å²) in [5, 5.41) is 0. The first-order valence-corrected chi connectivity index (χ1v) is 5.18. The topological polar surface area (TPSA) is 60.2 Å². The maximum Gasteiger partial charge on any atom is 0.416 e. The minimum atomic E-state index is -4.44. The first kappa shape index (κ1) is 12.0. The van der Waals surface area contributed by atoms with Crippen molar-refractivity contribution >= 4 is 5.82 Å². The summed E-state index contributed by atoms with van der Waals surface area (Å²) in [7, 11) is 0. The number of nitrogens with one attached hydrogen (secondary N) is 1. The van der Waals surface area contributed by atoms with Crippen molar-refractivity contribution in [1.29, 1.82) is 0 Å². The summed E-state index contributed by atoms with van der Waals surface area (Å²) < 4.78 is 42.8. The minimum absolute atomic E-state index is 0.0559. The van der Waals surface area contributed by atoms with E-state index in [9.17, 15) is 13.2 Å². The third kappa shape index (κ3) is 3.23. The van der Waals surface area contributed by atoms with Crippen LogP contribution in [0.25, 0.3) is 0 Å². The summed E-state index contributed by atoms with van der Waals surface area (Å²) >= 11 is 0. The number of alkyl halides is 3. The summed E-state index contributed by atoms with van der Waals surface area (Å²) in [6.45, 7) is 0.401. The molecule has 0 spiro atoms. The molecule has 0 unspecified atom stereocenters. The van der Waals surface area contributed by atoms with Crippen molar-refractivity contribution in [2.24, 2.45) is 11.8 Å². The van der Waals surface area contributed by atoms with Crippen LogP contribution in [0.4, 0.5) is 19.0 Å². The van der Waals surface area contributed by atoms with E-state index in [0.717, 1.165) is 25.0 Å². The first-order valence-electron chi connectivity index (χ1n) is 5.18. The number of pyridine rings is 1. The predicted octanol–water partition coefficient (Wildman–Crippen LogP) is 2.17. The van der Waals surface area contributed by atoms with Crippen LogP contribution >= 0.6 is 0 Å². The number of hydrazine groups is 1. The number of nitrogens with zero attached hydrogens (tertiary/aromatic N) is 1. The maximum absolute atomic E-state index is 12.5. The van der Waals surface area contributed by atoms with E-state index in [0.29, 0.717) is 12.5 Å². The quantitative estimate of drug-likeness (QED) is 0.632. The molecule has 2 rings (SSSR count). The highest BCUT2D eigenvalue weighted by Crippen LogP contribution is 2.33. The van der Waals surface area contributed by atoms with Gasteiger partial charge in [-0.3, -0.25) is 0 Å². The van der Waals surface area contributed by atoms with Crippen LogP contribution in [-0.2, 0) is 6.18 Å². The van der Waals surface area contributed by atoms with Gasteiger partial charge in [0.05, 0.1) is 12.2 Å². The molecule has 0 radical (unpaired) electrons. The number of nitrogens with two attached hydrogens (primary N) is 1. The van der Waals surface area contributed by atoms with E-state index in [-0.39, 0.29) is 11.7 Å². The number of hydrogen-bond acceptors (Lipinski definition) is 4. The monoisotopic (exact) mass is 247 g/mol. The third-order valence-corrected chi connectivity index (χ3v) is 2.44. The lowest BCUT2D eigenvalue weighted by Crippen LogP contribution is -2.13. The predicted molar refractivity (Wildman–Crippen MR) is 55.3 cm³/mol. The zero-order valence-electron chi connectivity index (χ0n) is 8.92. The van der Waals surface area contributed by atoms with E-state index in [1.807, 2.05) is 0 Å². The van der Waals surface area contributed by atoms with Crippen molar-refractivity contribution in [3.8, 4) is 5.88 Å². The van der Waals surface area contributed by atoms with Gasteiger partial charge in [0.1, 0.15) is 5.82 Å². The minimum Gasteiger partial charge on any atom is -0.477 e. The number of halogens is 3. The van der Waals surface area contributed by atoms with Crippen molar-refractivity contribution in [2.45, 2.75) is 19.0 Å². The number of aromatic nitrogens is 1. The van der Waals surface area contributed by atoms with Gasteiger partial charge in [-0.1, -0.05) is 0 Å². The fourth-order valence-corrected chi connectivity index (χ4v) is 1.30. The van der Waals surface area contributed by atoms with Gasteiger partial charge in [-0.15, -0.1) is 0 Å². The van der Waals surface area contributed by atoms with Crippen LogP contribution < -0.4 is 16.0 Å². The van der Waals surface area contributed by atoms with E-state index in [4.69, 9.17) is 10.6 Å². The van der Waals surface area contributed by atoms with Gasteiger partial charge in [-0.25, -0.2) is 5.84 Å². The molecule has 7 heteroatoms. The molecule has 0 bridgehead atoms. The highest BCUT2D eigenvalue weighted by molar-refractivity contribution is 5.41. The van der Waals surface area contributed by atoms with Gasteiger partial charge in [-0.2, -0.15) is 18.2 Å². The van der Waals surface area contributed by atoms with Crippen LogP contribution in [0.2, 0.25) is 0 Å². The summed E-state index contributed by atoms with van der Waals surface area (Å²) in [6.07, 6.45) is -2.33. The van der Waals surface area contributed by atoms with Crippen LogP contribution in [-0.4, -0.2) is 11.6 Å². The van der Waals surface area contributed by atoms with Gasteiger partial charge in [0.2, 0.25) is 5.88 Å². The van der Waals surface area contributed by atoms with Crippen molar-refractivity contribution in [1.82, 2.24) is 4.98 Å². The Bertz CT molecular complexity index is 404. The Kier molecular flexibility index (Phi) is 3.10. The summed E-state index contributed by atoms with van der Waals surface area (Å²) in [4.78, 5) is 3.81. The SMILES string of the molecule is NNc1cc(C(F)(F)F)cc(OCC2CC2)n1. The lowest BCUT2D eigenvalue weighted by molar-refractivity contribution is -0.137. The fraction of sp³-hybridized carbons (Fsp3) is 0.500. The molecule has 1 heterocycles. The van der Waals surface area contributed by atoms with Crippen LogP contribution in [0.3, 0.4) is 0 Å². The lowest BCUT2D eigenvalue weighted by atomic mass is 10.2. The molecule has 0 atom stereocenters. The van der Waals surface area contributed by atoms with E-state index in [1.54, 1.807) is 0 Å². The molecule has 1 aliphatic carbocycles. The van der Waals surface area contributed by atoms with Gasteiger partial charge in [0.15, 0.2) is 0 Å². The Labute approximate surface area is 95.9 Å². The normalized spacial score (nSPS) is 15.8. The Balaban J connectivity index is 2.18. The van der Waals surface area contributed by atoms with Crippen molar-refractivity contribution in [3.05, 3.63) is 17.7 Å². The zero-order valence-corrected chi connectivity index (χ0v) is 8.92. The van der Waals surface area contributed by atoms with Crippen LogP contribution in [0.1, 0.15) is 18.4 Å². The van der Waals surface area contributed by atoms with E-state index >= 15 is 0 Å². The zero-order chi connectivity index (χ0) is 12.5. The second-order valence-electron chi connectivity index (χ2n) is 3.98. The molecule has 0 aromatic carbocycles. The number of ether oxygens (including phenoxy) is 1. The molecular formula is C10H12F3N3O. The van der Waals surface area contributed by atoms with E-state index in [2.05, 4.69) is 10.4 Å². The fourth-order valence-electron chi connectivity index (χ4n) is 1.30. The van der Waals surface area contributed by atoms with Crippen molar-refractivity contribution < 1.29 is 17.9 Å². The van der Waals surface area contributed by atoms with Gasteiger partial charge >= 0.3 is 6.18 Å². The Morgan fingerprint density at radius 3 is 2.65 bits per heavy atom. The van der Waals surface area contributed by atoms with Gasteiger partial charge < -0.3 is 10.2 Å². The molecule has 17 heavy (non-hydrogen) atoms. The molecule has 1 fully saturated rings. The van der Waals surface area contributed by atoms with Crippen molar-refractivity contribution in [2.75, 3.05) is 12.0 Å². The second-order valence-corrected chi connectivity index (χ2v) is 3.98. The molecule has 0 saturated heterocycles. The Morgan fingerprint density at radius 2 is 2.12 bits per heavy atom. The maximum atomic E-state index is 12.5. The summed E-state index contributed by atoms with van der Waals surface area (Å²) in [6, 6.07) is 1.72. The molecule has 0 amide bonds. The number of nitrogen functional groups attached to an aromatic ring is 1. The largest absolute Gasteiger partial charge is 0.477 e. The lowest BCUT2D eigenvalue weighted by Gasteiger charge is -2.11. The molecule has 3 N–H and O–H groups in total. The molecule has 0 aliphatic heterocycles. The highest BCUT2D eigenvalue weighted by atomic mass is 19.4. The first-order chi connectivity index (χ1) is 7.99. The van der Waals surface area contributed by atoms with Gasteiger partial charge in [0, 0.05) is 6.07 Å².